The number of hydrogen-bond donors (Lipinski definition) is 1. The number of nitrogens with one attached hydrogen (secondary N) is 1. The first kappa shape index (κ1) is 13.8. The van der Waals surface area contributed by atoms with Crippen LogP contribution in [0.15, 0.2) is 23.8 Å². The lowest BCUT2D eigenvalue weighted by Gasteiger charge is -2.17. The van der Waals surface area contributed by atoms with Gasteiger partial charge in [0.2, 0.25) is 0 Å². The lowest BCUT2D eigenvalue weighted by atomic mass is 10.0. The lowest BCUT2D eigenvalue weighted by molar-refractivity contribution is 0.511. The number of allylic oxidation sites excluding steroid dienone is 1. The molecule has 1 unspecified atom stereocenters. The van der Waals surface area contributed by atoms with E-state index in [1.54, 1.807) is 6.92 Å². The van der Waals surface area contributed by atoms with Crippen molar-refractivity contribution in [3.05, 3.63) is 46.5 Å². The van der Waals surface area contributed by atoms with E-state index in [1.165, 1.54) is 12.1 Å². The molecular weight excluding hydrogens is 220 g/mol. The molecule has 0 aliphatic heterocycles. The van der Waals surface area contributed by atoms with Crippen molar-refractivity contribution in [2.45, 2.75) is 33.7 Å². The Hall–Kier alpha value is -1.22. The zero-order valence-electron chi connectivity index (χ0n) is 10.8. The van der Waals surface area contributed by atoms with Gasteiger partial charge >= 0.3 is 0 Å². The van der Waals surface area contributed by atoms with Crippen LogP contribution in [0.25, 0.3) is 0 Å². The second-order valence-electron chi connectivity index (χ2n) is 4.37. The van der Waals surface area contributed by atoms with Gasteiger partial charge in [-0.1, -0.05) is 24.6 Å². The Bertz CT molecular complexity index is 420. The molecular formula is C14H19F2N. The first-order chi connectivity index (χ1) is 7.97. The minimum atomic E-state index is -0.503. The molecule has 1 atom stereocenters. The highest BCUT2D eigenvalue weighted by Crippen LogP contribution is 2.25. The van der Waals surface area contributed by atoms with Crippen LogP contribution in [-0.4, -0.2) is 6.54 Å². The third-order valence-corrected chi connectivity index (χ3v) is 2.55. The van der Waals surface area contributed by atoms with E-state index in [-0.39, 0.29) is 5.56 Å². The number of halogens is 2. The molecule has 1 aromatic carbocycles. The van der Waals surface area contributed by atoms with Gasteiger partial charge in [-0.15, -0.1) is 0 Å². The van der Waals surface area contributed by atoms with E-state index < -0.39 is 17.7 Å². The van der Waals surface area contributed by atoms with E-state index in [4.69, 9.17) is 0 Å². The molecule has 0 spiro atoms. The van der Waals surface area contributed by atoms with Crippen molar-refractivity contribution >= 4 is 0 Å². The summed E-state index contributed by atoms with van der Waals surface area (Å²) in [5, 5.41) is 3.08. The van der Waals surface area contributed by atoms with E-state index in [2.05, 4.69) is 5.32 Å². The van der Waals surface area contributed by atoms with E-state index in [1.807, 2.05) is 26.8 Å². The van der Waals surface area contributed by atoms with Gasteiger partial charge in [0.25, 0.3) is 0 Å². The molecule has 0 aliphatic carbocycles. The van der Waals surface area contributed by atoms with Crippen molar-refractivity contribution in [3.63, 3.8) is 0 Å². The molecule has 1 rings (SSSR count). The van der Waals surface area contributed by atoms with E-state index >= 15 is 0 Å². The first-order valence-electron chi connectivity index (χ1n) is 5.80. The van der Waals surface area contributed by atoms with Crippen LogP contribution < -0.4 is 5.32 Å². The third kappa shape index (κ3) is 3.37. The summed E-state index contributed by atoms with van der Waals surface area (Å²) < 4.78 is 27.7. The molecule has 0 fully saturated rings. The third-order valence-electron chi connectivity index (χ3n) is 2.55. The van der Waals surface area contributed by atoms with Crippen molar-refractivity contribution in [1.29, 1.82) is 0 Å². The van der Waals surface area contributed by atoms with Gasteiger partial charge in [0.1, 0.15) is 11.6 Å². The average Bonchev–Trinajstić information content (AvgIpc) is 2.23. The molecule has 0 amide bonds. The van der Waals surface area contributed by atoms with E-state index in [0.29, 0.717) is 12.1 Å². The summed E-state index contributed by atoms with van der Waals surface area (Å²) in [5.41, 5.74) is 1.59. The van der Waals surface area contributed by atoms with Crippen LogP contribution in [0.2, 0.25) is 0 Å². The summed E-state index contributed by atoms with van der Waals surface area (Å²) in [5.74, 6) is -0.968. The standard InChI is InChI=1S/C14H19F2N/c1-5-17-12(8-9(2)3)13-11(15)7-6-10(4)14(13)16/h6-8,12,17H,5H2,1-4H3. The quantitative estimate of drug-likeness (QED) is 0.786. The molecule has 0 aromatic heterocycles. The Morgan fingerprint density at radius 3 is 2.53 bits per heavy atom. The minimum absolute atomic E-state index is 0.105. The molecule has 94 valence electrons. The second-order valence-corrected chi connectivity index (χ2v) is 4.37. The van der Waals surface area contributed by atoms with Gasteiger partial charge in [-0.2, -0.15) is 0 Å². The highest BCUT2D eigenvalue weighted by atomic mass is 19.1. The number of benzene rings is 1. The van der Waals surface area contributed by atoms with Gasteiger partial charge in [-0.3, -0.25) is 0 Å². The van der Waals surface area contributed by atoms with Crippen molar-refractivity contribution in [2.75, 3.05) is 6.54 Å². The lowest BCUT2D eigenvalue weighted by Crippen LogP contribution is -2.22. The number of likely N-dealkylation sites (N-methyl/N-ethyl adjacent to an activating group) is 1. The van der Waals surface area contributed by atoms with Crippen LogP contribution >= 0.6 is 0 Å². The maximum atomic E-state index is 14.0. The van der Waals surface area contributed by atoms with Gasteiger partial charge in [0, 0.05) is 5.56 Å². The number of aryl methyl sites for hydroxylation is 1. The maximum Gasteiger partial charge on any atom is 0.134 e. The van der Waals surface area contributed by atoms with Gasteiger partial charge in [-0.25, -0.2) is 8.78 Å². The van der Waals surface area contributed by atoms with Crippen molar-refractivity contribution in [1.82, 2.24) is 5.32 Å². The van der Waals surface area contributed by atoms with Crippen molar-refractivity contribution in [2.24, 2.45) is 0 Å². The van der Waals surface area contributed by atoms with Crippen LogP contribution in [0, 0.1) is 18.6 Å². The molecule has 0 bridgehead atoms. The summed E-state index contributed by atoms with van der Waals surface area (Å²) in [6.45, 7) is 8.04. The molecule has 17 heavy (non-hydrogen) atoms. The monoisotopic (exact) mass is 239 g/mol. The summed E-state index contributed by atoms with van der Waals surface area (Å²) in [4.78, 5) is 0. The summed E-state index contributed by atoms with van der Waals surface area (Å²) in [6, 6.07) is 2.36. The summed E-state index contributed by atoms with van der Waals surface area (Å²) >= 11 is 0. The Kier molecular flexibility index (Phi) is 4.82. The smallest absolute Gasteiger partial charge is 0.134 e. The molecule has 0 aliphatic rings. The largest absolute Gasteiger partial charge is 0.307 e. The Labute approximate surface area is 102 Å². The fourth-order valence-corrected chi connectivity index (χ4v) is 1.76. The van der Waals surface area contributed by atoms with Gasteiger partial charge in [0.15, 0.2) is 0 Å². The normalized spacial score (nSPS) is 12.4. The zero-order valence-corrected chi connectivity index (χ0v) is 10.8. The molecule has 0 saturated carbocycles. The topological polar surface area (TPSA) is 12.0 Å². The molecule has 0 heterocycles. The predicted octanol–water partition coefficient (Wildman–Crippen LogP) is 3.89. The number of rotatable bonds is 4. The van der Waals surface area contributed by atoms with Crippen LogP contribution in [0.3, 0.4) is 0 Å². The molecule has 1 aromatic rings. The highest BCUT2D eigenvalue weighted by Gasteiger charge is 2.18. The van der Waals surface area contributed by atoms with Crippen LogP contribution in [0.1, 0.15) is 37.9 Å². The van der Waals surface area contributed by atoms with E-state index in [0.717, 1.165) is 5.57 Å². The average molecular weight is 239 g/mol. The molecule has 1 nitrogen and oxygen atoms in total. The fraction of sp³-hybridized carbons (Fsp3) is 0.429. The summed E-state index contributed by atoms with van der Waals surface area (Å²) in [7, 11) is 0. The Balaban J connectivity index is 3.27. The molecule has 0 saturated heterocycles. The van der Waals surface area contributed by atoms with Crippen LogP contribution in [0.4, 0.5) is 8.78 Å². The van der Waals surface area contributed by atoms with Gasteiger partial charge in [0.05, 0.1) is 6.04 Å². The molecule has 0 radical (unpaired) electrons. The summed E-state index contributed by atoms with van der Waals surface area (Å²) in [6.07, 6.45) is 1.84. The second kappa shape index (κ2) is 5.92. The molecule has 3 heteroatoms. The maximum absolute atomic E-state index is 14.0. The highest BCUT2D eigenvalue weighted by molar-refractivity contribution is 5.32. The Morgan fingerprint density at radius 2 is 2.00 bits per heavy atom. The SMILES string of the molecule is CCNC(C=C(C)C)c1c(F)ccc(C)c1F. The van der Waals surface area contributed by atoms with E-state index in [9.17, 15) is 8.78 Å². The van der Waals surface area contributed by atoms with Crippen LogP contribution in [-0.2, 0) is 0 Å². The fourth-order valence-electron chi connectivity index (χ4n) is 1.76. The molecule has 1 N–H and O–H groups in total. The van der Waals surface area contributed by atoms with Crippen molar-refractivity contribution in [3.8, 4) is 0 Å². The number of hydrogen-bond acceptors (Lipinski definition) is 1. The Morgan fingerprint density at radius 1 is 1.35 bits per heavy atom. The van der Waals surface area contributed by atoms with Crippen molar-refractivity contribution < 1.29 is 8.78 Å². The van der Waals surface area contributed by atoms with Crippen LogP contribution in [0.5, 0.6) is 0 Å². The van der Waals surface area contributed by atoms with Gasteiger partial charge < -0.3 is 5.32 Å². The predicted molar refractivity (Wildman–Crippen MR) is 66.9 cm³/mol. The minimum Gasteiger partial charge on any atom is -0.307 e. The zero-order chi connectivity index (χ0) is 13.0. The van der Waals surface area contributed by atoms with Gasteiger partial charge in [-0.05, 0) is 38.9 Å². The first-order valence-corrected chi connectivity index (χ1v) is 5.80.